The van der Waals surface area contributed by atoms with Crippen LogP contribution in [0.4, 0.5) is 5.82 Å². The summed E-state index contributed by atoms with van der Waals surface area (Å²) in [6.45, 7) is 5.49. The van der Waals surface area contributed by atoms with Crippen LogP contribution in [0.15, 0.2) is 12.4 Å². The Balaban J connectivity index is 1.92. The van der Waals surface area contributed by atoms with Crippen molar-refractivity contribution in [3.63, 3.8) is 0 Å². The zero-order valence-corrected chi connectivity index (χ0v) is 12.8. The standard InChI is InChI=1S/C15H24N4O2/c1-12-4-7-19(8-5-12)14-10-13(17-11-18-14)15(20)16-6-3-9-21-2/h10-12H,3-9H2,1-2H3,(H,16,20). The fourth-order valence-corrected chi connectivity index (χ4v) is 2.39. The van der Waals surface area contributed by atoms with Crippen LogP contribution in [-0.2, 0) is 4.74 Å². The van der Waals surface area contributed by atoms with Gasteiger partial charge in [-0.3, -0.25) is 4.79 Å². The number of nitrogens with zero attached hydrogens (tertiary/aromatic N) is 3. The van der Waals surface area contributed by atoms with Gasteiger partial charge >= 0.3 is 0 Å². The molecule has 6 heteroatoms. The fraction of sp³-hybridized carbons (Fsp3) is 0.667. The number of nitrogens with one attached hydrogen (secondary N) is 1. The lowest BCUT2D eigenvalue weighted by Crippen LogP contribution is -2.34. The average molecular weight is 292 g/mol. The van der Waals surface area contributed by atoms with E-state index < -0.39 is 0 Å². The number of hydrogen-bond donors (Lipinski definition) is 1. The maximum absolute atomic E-state index is 12.0. The maximum Gasteiger partial charge on any atom is 0.270 e. The first-order chi connectivity index (χ1) is 10.2. The normalized spacial score (nSPS) is 16.0. The third-order valence-corrected chi connectivity index (χ3v) is 3.80. The van der Waals surface area contributed by atoms with Gasteiger partial charge in [0.1, 0.15) is 17.8 Å². The highest BCUT2D eigenvalue weighted by molar-refractivity contribution is 5.92. The molecule has 0 bridgehead atoms. The van der Waals surface area contributed by atoms with Crippen molar-refractivity contribution in [3.8, 4) is 0 Å². The van der Waals surface area contributed by atoms with E-state index in [9.17, 15) is 4.79 Å². The minimum atomic E-state index is -0.153. The molecular formula is C15H24N4O2. The molecule has 0 saturated carbocycles. The lowest BCUT2D eigenvalue weighted by Gasteiger charge is -2.31. The largest absolute Gasteiger partial charge is 0.385 e. The van der Waals surface area contributed by atoms with Crippen LogP contribution in [0.5, 0.6) is 0 Å². The van der Waals surface area contributed by atoms with E-state index in [2.05, 4.69) is 27.1 Å². The van der Waals surface area contributed by atoms with Crippen LogP contribution in [-0.4, -0.2) is 49.2 Å². The minimum absolute atomic E-state index is 0.153. The van der Waals surface area contributed by atoms with Gasteiger partial charge in [0.25, 0.3) is 5.91 Å². The molecule has 1 N–H and O–H groups in total. The van der Waals surface area contributed by atoms with Crippen LogP contribution in [0.1, 0.15) is 36.7 Å². The van der Waals surface area contributed by atoms with Crippen molar-refractivity contribution in [3.05, 3.63) is 18.1 Å². The van der Waals surface area contributed by atoms with E-state index in [4.69, 9.17) is 4.74 Å². The molecule has 21 heavy (non-hydrogen) atoms. The molecule has 0 aromatic carbocycles. The molecule has 0 radical (unpaired) electrons. The van der Waals surface area contributed by atoms with Crippen molar-refractivity contribution in [2.24, 2.45) is 5.92 Å². The Morgan fingerprint density at radius 1 is 1.43 bits per heavy atom. The minimum Gasteiger partial charge on any atom is -0.385 e. The first-order valence-electron chi connectivity index (χ1n) is 7.55. The van der Waals surface area contributed by atoms with Crippen molar-refractivity contribution in [2.45, 2.75) is 26.2 Å². The summed E-state index contributed by atoms with van der Waals surface area (Å²) >= 11 is 0. The third kappa shape index (κ3) is 4.67. The van der Waals surface area contributed by atoms with E-state index in [1.807, 2.05) is 0 Å². The average Bonchev–Trinajstić information content (AvgIpc) is 2.52. The summed E-state index contributed by atoms with van der Waals surface area (Å²) in [6.07, 6.45) is 4.60. The Morgan fingerprint density at radius 3 is 2.90 bits per heavy atom. The summed E-state index contributed by atoms with van der Waals surface area (Å²) in [4.78, 5) is 22.6. The van der Waals surface area contributed by atoms with Crippen LogP contribution in [0.3, 0.4) is 0 Å². The van der Waals surface area contributed by atoms with E-state index in [1.54, 1.807) is 13.2 Å². The van der Waals surface area contributed by atoms with E-state index in [-0.39, 0.29) is 5.91 Å². The zero-order valence-electron chi connectivity index (χ0n) is 12.8. The second-order valence-corrected chi connectivity index (χ2v) is 5.53. The lowest BCUT2D eigenvalue weighted by atomic mass is 9.99. The molecule has 1 aliphatic rings. The van der Waals surface area contributed by atoms with Crippen LogP contribution >= 0.6 is 0 Å². The fourth-order valence-electron chi connectivity index (χ4n) is 2.39. The van der Waals surface area contributed by atoms with Gasteiger partial charge in [-0.25, -0.2) is 9.97 Å². The third-order valence-electron chi connectivity index (χ3n) is 3.80. The topological polar surface area (TPSA) is 67.3 Å². The summed E-state index contributed by atoms with van der Waals surface area (Å²) in [5.41, 5.74) is 0.427. The molecule has 116 valence electrons. The van der Waals surface area contributed by atoms with Crippen molar-refractivity contribution in [2.75, 3.05) is 38.3 Å². The van der Waals surface area contributed by atoms with Gasteiger partial charge in [0, 0.05) is 39.4 Å². The van der Waals surface area contributed by atoms with Gasteiger partial charge in [-0.2, -0.15) is 0 Å². The predicted octanol–water partition coefficient (Wildman–Crippen LogP) is 1.48. The quantitative estimate of drug-likeness (QED) is 0.804. The molecule has 1 saturated heterocycles. The number of ether oxygens (including phenoxy) is 1. The summed E-state index contributed by atoms with van der Waals surface area (Å²) in [5, 5.41) is 2.84. The summed E-state index contributed by atoms with van der Waals surface area (Å²) in [7, 11) is 1.65. The molecule has 1 aromatic heterocycles. The zero-order chi connectivity index (χ0) is 15.1. The van der Waals surface area contributed by atoms with Gasteiger partial charge in [-0.15, -0.1) is 0 Å². The molecule has 0 unspecified atom stereocenters. The highest BCUT2D eigenvalue weighted by Gasteiger charge is 2.18. The van der Waals surface area contributed by atoms with Gasteiger partial charge in [-0.05, 0) is 25.2 Å². The van der Waals surface area contributed by atoms with E-state index >= 15 is 0 Å². The number of carbonyl (C=O) groups is 1. The monoisotopic (exact) mass is 292 g/mol. The van der Waals surface area contributed by atoms with Crippen molar-refractivity contribution in [1.29, 1.82) is 0 Å². The lowest BCUT2D eigenvalue weighted by molar-refractivity contribution is 0.0943. The van der Waals surface area contributed by atoms with Crippen LogP contribution in [0.25, 0.3) is 0 Å². The van der Waals surface area contributed by atoms with Crippen molar-refractivity contribution in [1.82, 2.24) is 15.3 Å². The van der Waals surface area contributed by atoms with Gasteiger partial charge in [0.05, 0.1) is 0 Å². The summed E-state index contributed by atoms with van der Waals surface area (Å²) < 4.78 is 4.95. The number of methoxy groups -OCH3 is 1. The smallest absolute Gasteiger partial charge is 0.270 e. The molecular weight excluding hydrogens is 268 g/mol. The number of piperidine rings is 1. The Morgan fingerprint density at radius 2 is 2.19 bits per heavy atom. The number of aromatic nitrogens is 2. The maximum atomic E-state index is 12.0. The number of hydrogen-bond acceptors (Lipinski definition) is 5. The Hall–Kier alpha value is -1.69. The van der Waals surface area contributed by atoms with Crippen molar-refractivity contribution >= 4 is 11.7 Å². The van der Waals surface area contributed by atoms with Crippen LogP contribution < -0.4 is 10.2 Å². The van der Waals surface area contributed by atoms with Crippen molar-refractivity contribution < 1.29 is 9.53 Å². The van der Waals surface area contributed by atoms with E-state index in [1.165, 1.54) is 19.2 Å². The molecule has 1 aliphatic heterocycles. The second-order valence-electron chi connectivity index (χ2n) is 5.53. The Kier molecular flexibility index (Phi) is 5.92. The molecule has 1 aromatic rings. The van der Waals surface area contributed by atoms with Gasteiger partial charge in [0.15, 0.2) is 0 Å². The van der Waals surface area contributed by atoms with Crippen LogP contribution in [0.2, 0.25) is 0 Å². The highest BCUT2D eigenvalue weighted by Crippen LogP contribution is 2.21. The number of anilines is 1. The summed E-state index contributed by atoms with van der Waals surface area (Å²) in [6, 6.07) is 1.78. The van der Waals surface area contributed by atoms with Gasteiger partial charge in [0.2, 0.25) is 0 Å². The molecule has 1 amide bonds. The molecule has 2 rings (SSSR count). The molecule has 0 spiro atoms. The number of carbonyl (C=O) groups excluding carboxylic acids is 1. The second kappa shape index (κ2) is 7.93. The SMILES string of the molecule is COCCCNC(=O)c1cc(N2CCC(C)CC2)ncn1. The molecule has 0 aliphatic carbocycles. The Labute approximate surface area is 125 Å². The highest BCUT2D eigenvalue weighted by atomic mass is 16.5. The number of rotatable bonds is 6. The summed E-state index contributed by atoms with van der Waals surface area (Å²) in [5.74, 6) is 1.46. The van der Waals surface area contributed by atoms with E-state index in [0.717, 1.165) is 31.2 Å². The van der Waals surface area contributed by atoms with Gasteiger partial charge < -0.3 is 15.0 Å². The molecule has 1 fully saturated rings. The van der Waals surface area contributed by atoms with Gasteiger partial charge in [-0.1, -0.05) is 6.92 Å². The predicted molar refractivity (Wildman–Crippen MR) is 81.5 cm³/mol. The first kappa shape index (κ1) is 15.7. The number of amides is 1. The molecule has 2 heterocycles. The molecule has 0 atom stereocenters. The van der Waals surface area contributed by atoms with E-state index in [0.29, 0.717) is 18.8 Å². The first-order valence-corrected chi connectivity index (χ1v) is 7.55. The van der Waals surface area contributed by atoms with Crippen LogP contribution in [0, 0.1) is 5.92 Å². The molecule has 6 nitrogen and oxygen atoms in total. The Bertz CT molecular complexity index is 459.